The average molecular weight is 1120 g/mol. The van der Waals surface area contributed by atoms with E-state index in [1.807, 2.05) is 6.92 Å². The van der Waals surface area contributed by atoms with E-state index in [1.165, 1.54) is 5.57 Å². The summed E-state index contributed by atoms with van der Waals surface area (Å²) in [6.45, 7) is 9.56. The van der Waals surface area contributed by atoms with Crippen molar-refractivity contribution in [2.75, 3.05) is 33.0 Å². The zero-order valence-corrected chi connectivity index (χ0v) is 45.4. The van der Waals surface area contributed by atoms with Crippen molar-refractivity contribution in [1.82, 2.24) is 0 Å². The first-order chi connectivity index (χ1) is 36.6. The van der Waals surface area contributed by atoms with Gasteiger partial charge in [0.15, 0.2) is 25.2 Å². The molecule has 29 atom stereocenters. The minimum absolute atomic E-state index is 0.0105. The third-order valence-electron chi connectivity index (χ3n) is 21.6. The molecule has 5 aliphatic carbocycles. The Morgan fingerprint density at radius 1 is 0.526 bits per heavy atom. The lowest BCUT2D eigenvalue weighted by molar-refractivity contribution is -0.405. The average Bonchev–Trinajstić information content (AvgIpc) is 3.52. The van der Waals surface area contributed by atoms with Crippen molar-refractivity contribution in [3.05, 3.63) is 11.6 Å². The van der Waals surface area contributed by atoms with Gasteiger partial charge in [-0.3, -0.25) is 4.79 Å². The van der Waals surface area contributed by atoms with Crippen molar-refractivity contribution in [3.63, 3.8) is 0 Å². The van der Waals surface area contributed by atoms with Crippen molar-refractivity contribution in [3.8, 4) is 0 Å². The van der Waals surface area contributed by atoms with Crippen LogP contribution in [0, 0.1) is 50.2 Å². The number of carbonyl (C=O) groups is 1. The second-order valence-electron chi connectivity index (χ2n) is 26.1. The molecular weight excluding hydrogens is 1030 g/mol. The van der Waals surface area contributed by atoms with Crippen LogP contribution in [0.15, 0.2) is 11.6 Å². The number of hydrogen-bond acceptors (Lipinski definition) is 23. The zero-order chi connectivity index (χ0) is 57.0. The molecule has 4 saturated carbocycles. The van der Waals surface area contributed by atoms with Gasteiger partial charge in [0.25, 0.3) is 0 Å². The molecule has 4 aliphatic heterocycles. The molecule has 448 valence electrons. The minimum atomic E-state index is -2.12. The molecule has 0 spiro atoms. The Labute approximate surface area is 453 Å². The second kappa shape index (κ2) is 22.4. The molecule has 0 radical (unpaired) electrons. The fraction of sp³-hybridized carbons (Fsp3) is 0.944. The lowest BCUT2D eigenvalue weighted by Gasteiger charge is -2.71. The van der Waals surface area contributed by atoms with Crippen LogP contribution in [0.5, 0.6) is 0 Å². The van der Waals surface area contributed by atoms with Gasteiger partial charge >= 0.3 is 5.97 Å². The molecule has 0 aromatic carbocycles. The van der Waals surface area contributed by atoms with Crippen LogP contribution in [0.1, 0.15) is 106 Å². The van der Waals surface area contributed by atoms with Crippen LogP contribution in [0.4, 0.5) is 0 Å². The Hall–Kier alpha value is -1.67. The Morgan fingerprint density at radius 2 is 1.01 bits per heavy atom. The first kappa shape index (κ1) is 60.9. The lowest BCUT2D eigenvalue weighted by atomic mass is 9.33. The number of aliphatic hydroxyl groups excluding tert-OH is 14. The summed E-state index contributed by atoms with van der Waals surface area (Å²) >= 11 is 0. The van der Waals surface area contributed by atoms with Gasteiger partial charge in [0.05, 0.1) is 44.6 Å². The molecule has 9 aliphatic rings. The Kier molecular flexibility index (Phi) is 17.5. The molecule has 78 heavy (non-hydrogen) atoms. The molecule has 0 bridgehead atoms. The van der Waals surface area contributed by atoms with E-state index < -0.39 is 172 Å². The van der Waals surface area contributed by atoms with Gasteiger partial charge in [-0.2, -0.15) is 0 Å². The molecular formula is C54H88O24. The van der Waals surface area contributed by atoms with Crippen LogP contribution >= 0.6 is 0 Å². The summed E-state index contributed by atoms with van der Waals surface area (Å²) in [4.78, 5) is 13.3. The van der Waals surface area contributed by atoms with E-state index in [0.29, 0.717) is 32.1 Å². The van der Waals surface area contributed by atoms with Crippen LogP contribution in [-0.2, 0) is 42.7 Å². The molecule has 0 aromatic heterocycles. The molecule has 4 heterocycles. The highest BCUT2D eigenvalue weighted by Gasteiger charge is 2.70. The Bertz CT molecular complexity index is 2130. The number of fused-ring (bicyclic) bond motifs is 7. The number of rotatable bonds is 14. The standard InChI is InChI=1S/C54H88O24/c1-49(2)13-15-54(48(69)70)16-14-52(5)23(24(54)17-49)7-8-30-50(3)11-10-31(51(4,22-59)29(50)9-12-53(30,52)6)75-47-43(78-45-39(67)37(65)33(61)26(19-56)72-45)42(35(63)28(21-58)74-47)77-46-40(68)41(34(62)27(20-57)73-46)76-44-38(66)36(64)32(60)25(18-55)71-44/h7,24-47,55-68H,8-22H2,1-6H3,(H,69,70)/t24-,25+,26+,27+,28+,29+,30+,31-,32+,33+,34+,35+,36-,37-,38+,39+,40+,41-,42-,43+,44-,45-,46-,47-,50-,51-,52+,53+,54-/m0/s1. The van der Waals surface area contributed by atoms with E-state index in [-0.39, 0.29) is 46.0 Å². The second-order valence-corrected chi connectivity index (χ2v) is 26.1. The fourth-order valence-corrected chi connectivity index (χ4v) is 16.6. The molecule has 24 nitrogen and oxygen atoms in total. The third kappa shape index (κ3) is 9.76. The summed E-state index contributed by atoms with van der Waals surface area (Å²) in [5.74, 6) is -0.851. The van der Waals surface area contributed by atoms with E-state index >= 15 is 0 Å². The maximum absolute atomic E-state index is 13.3. The van der Waals surface area contributed by atoms with Crippen molar-refractivity contribution in [2.45, 2.75) is 235 Å². The summed E-state index contributed by atoms with van der Waals surface area (Å²) in [7, 11) is 0. The molecule has 8 fully saturated rings. The van der Waals surface area contributed by atoms with Crippen LogP contribution in [0.3, 0.4) is 0 Å². The Morgan fingerprint density at radius 3 is 1.55 bits per heavy atom. The minimum Gasteiger partial charge on any atom is -0.481 e. The van der Waals surface area contributed by atoms with Gasteiger partial charge in [-0.1, -0.05) is 53.2 Å². The highest BCUT2D eigenvalue weighted by Crippen LogP contribution is 2.76. The summed E-state index contributed by atoms with van der Waals surface area (Å²) in [6, 6.07) is 0. The maximum atomic E-state index is 13.3. The predicted molar refractivity (Wildman–Crippen MR) is 265 cm³/mol. The van der Waals surface area contributed by atoms with Gasteiger partial charge in [0.2, 0.25) is 0 Å². The van der Waals surface area contributed by atoms with E-state index in [4.69, 9.17) is 37.9 Å². The lowest BCUT2D eigenvalue weighted by Crippen LogP contribution is -2.69. The smallest absolute Gasteiger partial charge is 0.310 e. The summed E-state index contributed by atoms with van der Waals surface area (Å²) in [5.41, 5.74) is -1.47. The van der Waals surface area contributed by atoms with Gasteiger partial charge in [-0.15, -0.1) is 0 Å². The Balaban J connectivity index is 1.03. The first-order valence-corrected chi connectivity index (χ1v) is 28.0. The highest BCUT2D eigenvalue weighted by molar-refractivity contribution is 5.76. The summed E-state index contributed by atoms with van der Waals surface area (Å²) in [6.07, 6.45) is -28.4. The van der Waals surface area contributed by atoms with E-state index in [0.717, 1.165) is 32.1 Å². The number of aliphatic hydroxyl groups is 14. The topological polar surface area (TPSA) is 394 Å². The van der Waals surface area contributed by atoms with Crippen molar-refractivity contribution in [1.29, 1.82) is 0 Å². The van der Waals surface area contributed by atoms with Crippen molar-refractivity contribution in [2.24, 2.45) is 50.2 Å². The molecule has 24 heteroatoms. The first-order valence-electron chi connectivity index (χ1n) is 28.0. The van der Waals surface area contributed by atoms with Crippen molar-refractivity contribution < 1.29 is 119 Å². The monoisotopic (exact) mass is 1120 g/mol. The van der Waals surface area contributed by atoms with E-state index in [9.17, 15) is 81.4 Å². The third-order valence-corrected chi connectivity index (χ3v) is 21.6. The number of hydrogen-bond donors (Lipinski definition) is 15. The summed E-state index contributed by atoms with van der Waals surface area (Å²) in [5, 5.41) is 163. The quantitative estimate of drug-likeness (QED) is 0.0632. The SMILES string of the molecule is CC1(C)CC[C@]2(C(=O)O)CC[C@]3(C)C(=CC[C@@H]4[C@@]5(C)CC[C@H](O[C@@H]6O[C@H](CO)[C@@H](O)[C@H](O[C@@H]7O[C@H](CO)[C@@H](O)[C@H](O[C@@H]8O[C@H](CO)[C@@H](O)[C@H](O)[C@H]8O)[C@H]7O)[C@H]6O[C@@H]6O[C@H](CO)[C@@H](O)[C@H](O)[C@H]6O)[C@@](C)(CO)[C@@H]5CC[C@]43C)[C@@H]2C1. The highest BCUT2D eigenvalue weighted by atomic mass is 16.8. The van der Waals surface area contributed by atoms with Gasteiger partial charge in [0.1, 0.15) is 97.7 Å². The normalized spacial score (nSPS) is 54.2. The number of carboxylic acids is 1. The predicted octanol–water partition coefficient (Wildman–Crippen LogP) is -2.50. The fourth-order valence-electron chi connectivity index (χ4n) is 16.6. The van der Waals surface area contributed by atoms with Crippen LogP contribution in [-0.4, -0.2) is 245 Å². The molecule has 9 rings (SSSR count). The molecule has 15 N–H and O–H groups in total. The molecule has 0 unspecified atom stereocenters. The number of allylic oxidation sites excluding steroid dienone is 2. The number of aliphatic carboxylic acids is 1. The van der Waals surface area contributed by atoms with Gasteiger partial charge < -0.3 is 114 Å². The zero-order valence-electron chi connectivity index (χ0n) is 45.4. The van der Waals surface area contributed by atoms with Crippen molar-refractivity contribution >= 4 is 5.97 Å². The molecule has 4 saturated heterocycles. The van der Waals surface area contributed by atoms with Gasteiger partial charge in [-0.05, 0) is 104 Å². The van der Waals surface area contributed by atoms with E-state index in [2.05, 4.69) is 40.7 Å². The number of ether oxygens (including phenoxy) is 8. The van der Waals surface area contributed by atoms with Crippen LogP contribution < -0.4 is 0 Å². The summed E-state index contributed by atoms with van der Waals surface area (Å²) < 4.78 is 48.8. The molecule has 0 amide bonds. The maximum Gasteiger partial charge on any atom is 0.310 e. The largest absolute Gasteiger partial charge is 0.481 e. The van der Waals surface area contributed by atoms with Crippen LogP contribution in [0.2, 0.25) is 0 Å². The molecule has 0 aromatic rings. The van der Waals surface area contributed by atoms with Crippen LogP contribution in [0.25, 0.3) is 0 Å². The van der Waals surface area contributed by atoms with Gasteiger partial charge in [-0.25, -0.2) is 0 Å². The van der Waals surface area contributed by atoms with E-state index in [1.54, 1.807) is 0 Å². The number of carboxylic acid groups (broad SMARTS) is 1. The van der Waals surface area contributed by atoms with Gasteiger partial charge in [0, 0.05) is 5.41 Å².